The first-order valence-electron chi connectivity index (χ1n) is 6.62. The monoisotopic (exact) mass is 274 g/mol. The Morgan fingerprint density at radius 3 is 2.70 bits per heavy atom. The molecule has 2 rings (SSSR count). The maximum atomic E-state index is 13.9. The van der Waals surface area contributed by atoms with Gasteiger partial charge in [-0.1, -0.05) is 19.9 Å². The predicted molar refractivity (Wildman–Crippen MR) is 78.2 cm³/mol. The zero-order chi connectivity index (χ0) is 14.5. The molecule has 3 nitrogen and oxygen atoms in total. The van der Waals surface area contributed by atoms with Crippen LogP contribution < -0.4 is 10.1 Å². The van der Waals surface area contributed by atoms with Crippen LogP contribution in [0.15, 0.2) is 36.7 Å². The van der Waals surface area contributed by atoms with Crippen LogP contribution in [0, 0.1) is 5.82 Å². The number of nitrogens with one attached hydrogen (secondary N) is 1. The summed E-state index contributed by atoms with van der Waals surface area (Å²) in [6.07, 6.45) is 2.83. The summed E-state index contributed by atoms with van der Waals surface area (Å²) in [5, 5.41) is 3.35. The number of rotatable bonds is 5. The van der Waals surface area contributed by atoms with Crippen LogP contribution in [0.3, 0.4) is 0 Å². The zero-order valence-corrected chi connectivity index (χ0v) is 12.0. The Balaban J connectivity index is 2.43. The number of benzene rings is 1. The second-order valence-corrected chi connectivity index (χ2v) is 4.91. The molecule has 1 aromatic carbocycles. The van der Waals surface area contributed by atoms with Crippen molar-refractivity contribution in [2.24, 2.45) is 0 Å². The minimum atomic E-state index is -0.316. The first kappa shape index (κ1) is 14.5. The number of nitrogens with zero attached hydrogens (tertiary/aromatic N) is 1. The Hall–Kier alpha value is -1.94. The predicted octanol–water partition coefficient (Wildman–Crippen LogP) is 3.39. The standard InChI is InChI=1S/C16H19FN2O/c1-11(2)19-9-12-8-13(20-3)4-5-14(12)15-6-7-18-10-16(15)17/h4-8,10-11,19H,9H2,1-3H3. The number of hydrogen-bond donors (Lipinski definition) is 1. The molecule has 1 N–H and O–H groups in total. The van der Waals surface area contributed by atoms with Gasteiger partial charge in [0.05, 0.1) is 13.3 Å². The number of aromatic nitrogens is 1. The molecule has 0 unspecified atom stereocenters. The molecular weight excluding hydrogens is 255 g/mol. The van der Waals surface area contributed by atoms with Gasteiger partial charge in [0.25, 0.3) is 0 Å². The number of halogens is 1. The number of pyridine rings is 1. The molecule has 106 valence electrons. The average Bonchev–Trinajstić information content (AvgIpc) is 2.45. The summed E-state index contributed by atoms with van der Waals surface area (Å²) in [4.78, 5) is 3.79. The van der Waals surface area contributed by atoms with Crippen molar-refractivity contribution >= 4 is 0 Å². The molecule has 0 bridgehead atoms. The van der Waals surface area contributed by atoms with E-state index in [-0.39, 0.29) is 5.82 Å². The average molecular weight is 274 g/mol. The highest BCUT2D eigenvalue weighted by atomic mass is 19.1. The summed E-state index contributed by atoms with van der Waals surface area (Å²) in [6, 6.07) is 7.71. The van der Waals surface area contributed by atoms with Crippen LogP contribution in [0.4, 0.5) is 4.39 Å². The van der Waals surface area contributed by atoms with Gasteiger partial charge in [-0.25, -0.2) is 4.39 Å². The molecule has 0 amide bonds. The quantitative estimate of drug-likeness (QED) is 0.907. The fourth-order valence-corrected chi connectivity index (χ4v) is 2.01. The molecule has 1 heterocycles. The van der Waals surface area contributed by atoms with Crippen LogP contribution >= 0.6 is 0 Å². The van der Waals surface area contributed by atoms with Crippen LogP contribution in [0.5, 0.6) is 5.75 Å². The van der Waals surface area contributed by atoms with E-state index in [0.717, 1.165) is 16.9 Å². The molecule has 0 aliphatic carbocycles. The van der Waals surface area contributed by atoms with E-state index < -0.39 is 0 Å². The van der Waals surface area contributed by atoms with E-state index in [9.17, 15) is 4.39 Å². The molecule has 20 heavy (non-hydrogen) atoms. The van der Waals surface area contributed by atoms with Gasteiger partial charge in [0.15, 0.2) is 0 Å². The molecule has 2 aromatic rings. The Kier molecular flexibility index (Phi) is 4.69. The Morgan fingerprint density at radius 2 is 2.05 bits per heavy atom. The van der Waals surface area contributed by atoms with Crippen LogP contribution in [0.25, 0.3) is 11.1 Å². The highest BCUT2D eigenvalue weighted by Crippen LogP contribution is 2.29. The second-order valence-electron chi connectivity index (χ2n) is 4.91. The molecule has 4 heteroatoms. The molecule has 0 saturated heterocycles. The van der Waals surface area contributed by atoms with E-state index in [2.05, 4.69) is 24.1 Å². The normalized spacial score (nSPS) is 10.8. The maximum absolute atomic E-state index is 13.9. The van der Waals surface area contributed by atoms with Crippen LogP contribution in [-0.2, 0) is 6.54 Å². The number of ether oxygens (including phenoxy) is 1. The topological polar surface area (TPSA) is 34.1 Å². The molecule has 1 aromatic heterocycles. The molecule has 0 atom stereocenters. The number of methoxy groups -OCH3 is 1. The molecule has 0 saturated carbocycles. The SMILES string of the molecule is COc1ccc(-c2ccncc2F)c(CNC(C)C)c1. The Morgan fingerprint density at radius 1 is 1.25 bits per heavy atom. The Labute approximate surface area is 118 Å². The lowest BCUT2D eigenvalue weighted by atomic mass is 9.99. The van der Waals surface area contributed by atoms with Gasteiger partial charge in [-0.3, -0.25) is 4.98 Å². The summed E-state index contributed by atoms with van der Waals surface area (Å²) in [5.74, 6) is 0.451. The van der Waals surface area contributed by atoms with E-state index >= 15 is 0 Å². The lowest BCUT2D eigenvalue weighted by Gasteiger charge is -2.14. The maximum Gasteiger partial charge on any atom is 0.149 e. The van der Waals surface area contributed by atoms with Gasteiger partial charge in [0.2, 0.25) is 0 Å². The molecule has 0 radical (unpaired) electrons. The van der Waals surface area contributed by atoms with Crippen LogP contribution in [-0.4, -0.2) is 18.1 Å². The van der Waals surface area contributed by atoms with Crippen molar-refractivity contribution in [3.05, 3.63) is 48.0 Å². The minimum Gasteiger partial charge on any atom is -0.497 e. The highest BCUT2D eigenvalue weighted by molar-refractivity contribution is 5.68. The lowest BCUT2D eigenvalue weighted by molar-refractivity contribution is 0.414. The van der Waals surface area contributed by atoms with E-state index in [1.165, 1.54) is 6.20 Å². The van der Waals surface area contributed by atoms with Crippen molar-refractivity contribution in [3.8, 4) is 16.9 Å². The molecule has 0 aliphatic rings. The van der Waals surface area contributed by atoms with Gasteiger partial charge in [-0.05, 0) is 29.3 Å². The van der Waals surface area contributed by atoms with Crippen LogP contribution in [0.2, 0.25) is 0 Å². The molecule has 0 fully saturated rings. The second kappa shape index (κ2) is 6.48. The van der Waals surface area contributed by atoms with E-state index in [1.54, 1.807) is 19.4 Å². The van der Waals surface area contributed by atoms with Gasteiger partial charge in [0.1, 0.15) is 11.6 Å². The fraction of sp³-hybridized carbons (Fsp3) is 0.312. The third-order valence-electron chi connectivity index (χ3n) is 3.08. The first-order valence-corrected chi connectivity index (χ1v) is 6.62. The van der Waals surface area contributed by atoms with Gasteiger partial charge < -0.3 is 10.1 Å². The third kappa shape index (κ3) is 3.33. The van der Waals surface area contributed by atoms with Gasteiger partial charge >= 0.3 is 0 Å². The van der Waals surface area contributed by atoms with Crippen molar-refractivity contribution in [2.75, 3.05) is 7.11 Å². The smallest absolute Gasteiger partial charge is 0.149 e. The number of hydrogen-bond acceptors (Lipinski definition) is 3. The van der Waals surface area contributed by atoms with E-state index in [4.69, 9.17) is 4.74 Å². The van der Waals surface area contributed by atoms with Crippen molar-refractivity contribution in [1.82, 2.24) is 10.3 Å². The van der Waals surface area contributed by atoms with Crippen molar-refractivity contribution in [1.29, 1.82) is 0 Å². The zero-order valence-electron chi connectivity index (χ0n) is 12.0. The van der Waals surface area contributed by atoms with E-state index in [0.29, 0.717) is 18.2 Å². The van der Waals surface area contributed by atoms with E-state index in [1.807, 2.05) is 18.2 Å². The Bertz CT molecular complexity index is 584. The summed E-state index contributed by atoms with van der Waals surface area (Å²) in [6.45, 7) is 4.81. The van der Waals surface area contributed by atoms with Crippen LogP contribution in [0.1, 0.15) is 19.4 Å². The van der Waals surface area contributed by atoms with Gasteiger partial charge in [-0.2, -0.15) is 0 Å². The van der Waals surface area contributed by atoms with Gasteiger partial charge in [-0.15, -0.1) is 0 Å². The van der Waals surface area contributed by atoms with Crippen molar-refractivity contribution in [3.63, 3.8) is 0 Å². The first-order chi connectivity index (χ1) is 9.61. The summed E-state index contributed by atoms with van der Waals surface area (Å²) in [7, 11) is 1.63. The summed E-state index contributed by atoms with van der Waals surface area (Å²) >= 11 is 0. The molecular formula is C16H19FN2O. The molecule has 0 aliphatic heterocycles. The molecule has 0 spiro atoms. The van der Waals surface area contributed by atoms with Crippen molar-refractivity contribution < 1.29 is 9.13 Å². The van der Waals surface area contributed by atoms with Gasteiger partial charge in [0, 0.05) is 24.3 Å². The largest absolute Gasteiger partial charge is 0.497 e. The third-order valence-corrected chi connectivity index (χ3v) is 3.08. The minimum absolute atomic E-state index is 0.316. The fourth-order valence-electron chi connectivity index (χ4n) is 2.01. The highest BCUT2D eigenvalue weighted by Gasteiger charge is 2.11. The summed E-state index contributed by atoms with van der Waals surface area (Å²) in [5.41, 5.74) is 2.42. The summed E-state index contributed by atoms with van der Waals surface area (Å²) < 4.78 is 19.2. The van der Waals surface area contributed by atoms with Crippen molar-refractivity contribution in [2.45, 2.75) is 26.4 Å². The lowest BCUT2D eigenvalue weighted by Crippen LogP contribution is -2.22.